The summed E-state index contributed by atoms with van der Waals surface area (Å²) in [6.45, 7) is 3.86. The molecule has 6 heteroatoms. The van der Waals surface area contributed by atoms with Crippen molar-refractivity contribution in [3.63, 3.8) is 0 Å². The van der Waals surface area contributed by atoms with Gasteiger partial charge in [-0.1, -0.05) is 12.1 Å². The van der Waals surface area contributed by atoms with Gasteiger partial charge in [0.1, 0.15) is 17.7 Å². The molecule has 1 amide bonds. The van der Waals surface area contributed by atoms with E-state index in [1.165, 1.54) is 25.1 Å². The minimum atomic E-state index is -0.565. The molecule has 0 radical (unpaired) electrons. The number of carbonyl (C=O) groups is 1. The normalized spacial score (nSPS) is 12.0. The second-order valence-electron chi connectivity index (χ2n) is 7.35. The summed E-state index contributed by atoms with van der Waals surface area (Å²) in [5, 5.41) is 12.8. The van der Waals surface area contributed by atoms with Crippen molar-refractivity contribution in [1.82, 2.24) is 9.88 Å². The standard InChI is InChI=1S/C23H23F2N3O/c1-15(27-16(2)29)5-3-8-21-11-18-10-19(13-26)22(25)12-23(18)28(21)14-17-6-4-7-20(24)9-17/h4,6-7,9-12,15H,3,5,8,14H2,1-2H3,(H,27,29). The predicted molar refractivity (Wildman–Crippen MR) is 108 cm³/mol. The third kappa shape index (κ3) is 5.00. The molecular weight excluding hydrogens is 372 g/mol. The second-order valence-corrected chi connectivity index (χ2v) is 7.35. The number of amides is 1. The molecule has 1 heterocycles. The van der Waals surface area contributed by atoms with Crippen molar-refractivity contribution in [1.29, 1.82) is 5.26 Å². The Hall–Kier alpha value is -3.20. The van der Waals surface area contributed by atoms with E-state index in [1.807, 2.05) is 29.7 Å². The molecular formula is C23H23F2N3O. The number of halogens is 2. The maximum atomic E-state index is 14.3. The predicted octanol–water partition coefficient (Wildman–Crippen LogP) is 4.69. The van der Waals surface area contributed by atoms with Gasteiger partial charge in [0, 0.05) is 30.6 Å². The average molecular weight is 395 g/mol. The maximum absolute atomic E-state index is 14.3. The molecule has 0 bridgehead atoms. The molecule has 0 aliphatic rings. The van der Waals surface area contributed by atoms with Crippen LogP contribution in [0, 0.1) is 23.0 Å². The van der Waals surface area contributed by atoms with Crippen LogP contribution in [0.1, 0.15) is 43.5 Å². The zero-order valence-electron chi connectivity index (χ0n) is 16.5. The number of aryl methyl sites for hydroxylation is 1. The number of aromatic nitrogens is 1. The smallest absolute Gasteiger partial charge is 0.217 e. The Bertz CT molecular complexity index is 1080. The lowest BCUT2D eigenvalue weighted by Crippen LogP contribution is -2.30. The highest BCUT2D eigenvalue weighted by Gasteiger charge is 2.14. The van der Waals surface area contributed by atoms with Crippen LogP contribution in [0.25, 0.3) is 10.9 Å². The van der Waals surface area contributed by atoms with Crippen molar-refractivity contribution in [3.05, 3.63) is 70.9 Å². The topological polar surface area (TPSA) is 57.8 Å². The lowest BCUT2D eigenvalue weighted by Gasteiger charge is -2.14. The van der Waals surface area contributed by atoms with Crippen molar-refractivity contribution in [2.75, 3.05) is 0 Å². The Morgan fingerprint density at radius 3 is 2.72 bits per heavy atom. The maximum Gasteiger partial charge on any atom is 0.217 e. The van der Waals surface area contributed by atoms with Crippen LogP contribution in [0.4, 0.5) is 8.78 Å². The summed E-state index contributed by atoms with van der Waals surface area (Å²) in [4.78, 5) is 11.2. The Morgan fingerprint density at radius 2 is 2.03 bits per heavy atom. The van der Waals surface area contributed by atoms with E-state index in [0.29, 0.717) is 12.1 Å². The second kappa shape index (κ2) is 8.87. The first kappa shape index (κ1) is 20.5. The molecule has 0 spiro atoms. The first-order chi connectivity index (χ1) is 13.9. The largest absolute Gasteiger partial charge is 0.354 e. The Morgan fingerprint density at radius 1 is 1.24 bits per heavy atom. The van der Waals surface area contributed by atoms with Crippen LogP contribution in [0.2, 0.25) is 0 Å². The van der Waals surface area contributed by atoms with Crippen molar-refractivity contribution < 1.29 is 13.6 Å². The van der Waals surface area contributed by atoms with Gasteiger partial charge >= 0.3 is 0 Å². The van der Waals surface area contributed by atoms with E-state index in [2.05, 4.69) is 5.32 Å². The molecule has 3 rings (SSSR count). The Kier molecular flexibility index (Phi) is 6.28. The van der Waals surface area contributed by atoms with E-state index in [0.717, 1.165) is 35.9 Å². The molecule has 1 atom stereocenters. The molecule has 3 aromatic rings. The molecule has 1 N–H and O–H groups in total. The number of benzene rings is 2. The molecule has 4 nitrogen and oxygen atoms in total. The van der Waals surface area contributed by atoms with Gasteiger partial charge in [-0.25, -0.2) is 8.78 Å². The SMILES string of the molecule is CC(=O)NC(C)CCCc1cc2cc(C#N)c(F)cc2n1Cc1cccc(F)c1. The van der Waals surface area contributed by atoms with Gasteiger partial charge in [-0.15, -0.1) is 0 Å². The van der Waals surface area contributed by atoms with E-state index >= 15 is 0 Å². The van der Waals surface area contributed by atoms with Crippen molar-refractivity contribution in [2.45, 2.75) is 45.7 Å². The van der Waals surface area contributed by atoms with Crippen LogP contribution < -0.4 is 5.32 Å². The molecule has 150 valence electrons. The number of carbonyl (C=O) groups excluding carboxylic acids is 1. The summed E-state index contributed by atoms with van der Waals surface area (Å²) >= 11 is 0. The van der Waals surface area contributed by atoms with Gasteiger partial charge in [-0.05, 0) is 62.1 Å². The van der Waals surface area contributed by atoms with Gasteiger partial charge in [0.15, 0.2) is 0 Å². The fourth-order valence-corrected chi connectivity index (χ4v) is 3.65. The van der Waals surface area contributed by atoms with E-state index < -0.39 is 5.82 Å². The first-order valence-electron chi connectivity index (χ1n) is 9.60. The highest BCUT2D eigenvalue weighted by molar-refractivity contribution is 5.83. The first-order valence-corrected chi connectivity index (χ1v) is 9.60. The molecule has 0 fully saturated rings. The minimum absolute atomic E-state index is 0.00577. The molecule has 0 saturated carbocycles. The molecule has 29 heavy (non-hydrogen) atoms. The van der Waals surface area contributed by atoms with Gasteiger partial charge in [0.2, 0.25) is 5.91 Å². The van der Waals surface area contributed by atoms with Crippen molar-refractivity contribution >= 4 is 16.8 Å². The zero-order chi connectivity index (χ0) is 21.0. The molecule has 2 aromatic carbocycles. The van der Waals surface area contributed by atoms with Crippen LogP contribution in [-0.4, -0.2) is 16.5 Å². The van der Waals surface area contributed by atoms with Gasteiger partial charge in [0.25, 0.3) is 0 Å². The fraction of sp³-hybridized carbons (Fsp3) is 0.304. The third-order valence-electron chi connectivity index (χ3n) is 4.95. The Labute approximate surface area is 168 Å². The van der Waals surface area contributed by atoms with Crippen molar-refractivity contribution in [2.24, 2.45) is 0 Å². The van der Waals surface area contributed by atoms with E-state index in [4.69, 9.17) is 5.26 Å². The van der Waals surface area contributed by atoms with Crippen LogP contribution in [-0.2, 0) is 17.8 Å². The molecule has 0 aliphatic carbocycles. The number of fused-ring (bicyclic) bond motifs is 1. The number of nitrogens with zero attached hydrogens (tertiary/aromatic N) is 2. The molecule has 1 aromatic heterocycles. The highest BCUT2D eigenvalue weighted by Crippen LogP contribution is 2.26. The molecule has 0 aliphatic heterocycles. The summed E-state index contributed by atoms with van der Waals surface area (Å²) in [6, 6.07) is 13.2. The van der Waals surface area contributed by atoms with E-state index in [-0.39, 0.29) is 23.3 Å². The summed E-state index contributed by atoms with van der Waals surface area (Å²) in [6.07, 6.45) is 2.35. The number of nitriles is 1. The highest BCUT2D eigenvalue weighted by atomic mass is 19.1. The summed E-state index contributed by atoms with van der Waals surface area (Å²) < 4.78 is 29.9. The number of hydrogen-bond donors (Lipinski definition) is 1. The van der Waals surface area contributed by atoms with Gasteiger partial charge in [0.05, 0.1) is 11.1 Å². The monoisotopic (exact) mass is 395 g/mol. The fourth-order valence-electron chi connectivity index (χ4n) is 3.65. The van der Waals surface area contributed by atoms with E-state index in [1.54, 1.807) is 12.1 Å². The molecule has 1 unspecified atom stereocenters. The van der Waals surface area contributed by atoms with Crippen LogP contribution >= 0.6 is 0 Å². The minimum Gasteiger partial charge on any atom is -0.354 e. The van der Waals surface area contributed by atoms with Gasteiger partial charge in [-0.2, -0.15) is 5.26 Å². The molecule has 0 saturated heterocycles. The van der Waals surface area contributed by atoms with Gasteiger partial charge in [-0.3, -0.25) is 4.79 Å². The lowest BCUT2D eigenvalue weighted by atomic mass is 10.1. The zero-order valence-corrected chi connectivity index (χ0v) is 16.5. The third-order valence-corrected chi connectivity index (χ3v) is 4.95. The number of nitrogens with one attached hydrogen (secondary N) is 1. The quantitative estimate of drug-likeness (QED) is 0.631. The number of rotatable bonds is 7. The summed E-state index contributed by atoms with van der Waals surface area (Å²) in [5.74, 6) is -0.941. The summed E-state index contributed by atoms with van der Waals surface area (Å²) in [7, 11) is 0. The van der Waals surface area contributed by atoms with Gasteiger partial charge < -0.3 is 9.88 Å². The average Bonchev–Trinajstić information content (AvgIpc) is 2.97. The van der Waals surface area contributed by atoms with Crippen LogP contribution in [0.3, 0.4) is 0 Å². The van der Waals surface area contributed by atoms with Crippen molar-refractivity contribution in [3.8, 4) is 6.07 Å². The number of hydrogen-bond acceptors (Lipinski definition) is 2. The Balaban J connectivity index is 1.92. The van der Waals surface area contributed by atoms with Crippen LogP contribution in [0.15, 0.2) is 42.5 Å². The lowest BCUT2D eigenvalue weighted by molar-refractivity contribution is -0.119. The van der Waals surface area contributed by atoms with E-state index in [9.17, 15) is 13.6 Å². The summed E-state index contributed by atoms with van der Waals surface area (Å²) in [5.41, 5.74) is 2.44. The van der Waals surface area contributed by atoms with Crippen LogP contribution in [0.5, 0.6) is 0 Å².